The van der Waals surface area contributed by atoms with Crippen molar-refractivity contribution in [3.8, 4) is 0 Å². The molecule has 0 radical (unpaired) electrons. The van der Waals surface area contributed by atoms with E-state index in [1.165, 1.54) is 0 Å². The molecule has 0 aromatic rings. The van der Waals surface area contributed by atoms with Gasteiger partial charge >= 0.3 is 6.09 Å². The lowest BCUT2D eigenvalue weighted by molar-refractivity contribution is 0.0107. The second-order valence-corrected chi connectivity index (χ2v) is 6.26. The Morgan fingerprint density at radius 3 is 2.65 bits per heavy atom. The predicted octanol–water partition coefficient (Wildman–Crippen LogP) is 2.16. The van der Waals surface area contributed by atoms with Crippen molar-refractivity contribution in [2.45, 2.75) is 64.2 Å². The summed E-state index contributed by atoms with van der Waals surface area (Å²) in [5.41, 5.74) is -0.427. The quantitative estimate of drug-likeness (QED) is 0.707. The fourth-order valence-electron chi connectivity index (χ4n) is 2.96. The number of fused-ring (bicyclic) bond motifs is 1. The predicted molar refractivity (Wildman–Crippen MR) is 64.7 cm³/mol. The minimum Gasteiger partial charge on any atom is -0.444 e. The summed E-state index contributed by atoms with van der Waals surface area (Å²) < 4.78 is 5.42. The van der Waals surface area contributed by atoms with Crippen LogP contribution in [0.1, 0.15) is 46.5 Å². The molecule has 1 saturated carbocycles. The third-order valence-corrected chi connectivity index (χ3v) is 3.68. The highest BCUT2D eigenvalue weighted by molar-refractivity contribution is 5.69. The largest absolute Gasteiger partial charge is 0.444 e. The van der Waals surface area contributed by atoms with Crippen LogP contribution in [0.3, 0.4) is 0 Å². The van der Waals surface area contributed by atoms with Gasteiger partial charge in [-0.1, -0.05) is 0 Å². The summed E-state index contributed by atoms with van der Waals surface area (Å²) in [7, 11) is 0. The molecule has 1 aliphatic carbocycles. The second-order valence-electron chi connectivity index (χ2n) is 6.26. The van der Waals surface area contributed by atoms with Crippen LogP contribution >= 0.6 is 0 Å². The molecule has 4 nitrogen and oxygen atoms in total. The van der Waals surface area contributed by atoms with Gasteiger partial charge < -0.3 is 14.7 Å². The first kappa shape index (κ1) is 12.7. The van der Waals surface area contributed by atoms with Gasteiger partial charge in [0, 0.05) is 12.6 Å². The van der Waals surface area contributed by atoms with Crippen LogP contribution in [0.25, 0.3) is 0 Å². The molecule has 0 bridgehead atoms. The number of amides is 1. The normalized spacial score (nSPS) is 33.4. The van der Waals surface area contributed by atoms with Crippen molar-refractivity contribution in [2.24, 2.45) is 5.92 Å². The smallest absolute Gasteiger partial charge is 0.410 e. The Balaban J connectivity index is 1.97. The summed E-state index contributed by atoms with van der Waals surface area (Å²) >= 11 is 0. The van der Waals surface area contributed by atoms with Crippen LogP contribution in [0.2, 0.25) is 0 Å². The SMILES string of the molecule is CC(C)(C)OC(=O)N1CCC2CC(O)CCC21. The topological polar surface area (TPSA) is 49.8 Å². The van der Waals surface area contributed by atoms with E-state index < -0.39 is 5.60 Å². The van der Waals surface area contributed by atoms with Crippen molar-refractivity contribution in [1.29, 1.82) is 0 Å². The highest BCUT2D eigenvalue weighted by atomic mass is 16.6. The van der Waals surface area contributed by atoms with Gasteiger partial charge in [0.2, 0.25) is 0 Å². The van der Waals surface area contributed by atoms with Crippen molar-refractivity contribution in [3.05, 3.63) is 0 Å². The van der Waals surface area contributed by atoms with Crippen LogP contribution in [0.4, 0.5) is 4.79 Å². The van der Waals surface area contributed by atoms with Gasteiger partial charge in [0.05, 0.1) is 6.10 Å². The number of hydrogen-bond donors (Lipinski definition) is 1. The Hall–Kier alpha value is -0.770. The van der Waals surface area contributed by atoms with Crippen LogP contribution in [0.15, 0.2) is 0 Å². The standard InChI is InChI=1S/C13H23NO3/c1-13(2,3)17-12(16)14-7-6-9-8-10(15)4-5-11(9)14/h9-11,15H,4-8H2,1-3H3. The van der Waals surface area contributed by atoms with Gasteiger partial charge in [0.1, 0.15) is 5.60 Å². The molecule has 1 aliphatic heterocycles. The van der Waals surface area contributed by atoms with Crippen molar-refractivity contribution in [3.63, 3.8) is 0 Å². The highest BCUT2D eigenvalue weighted by Crippen LogP contribution is 2.36. The summed E-state index contributed by atoms with van der Waals surface area (Å²) in [6, 6.07) is 0.285. The van der Waals surface area contributed by atoms with E-state index in [0.717, 1.165) is 32.2 Å². The van der Waals surface area contributed by atoms with E-state index >= 15 is 0 Å². The molecule has 2 rings (SSSR count). The lowest BCUT2D eigenvalue weighted by atomic mass is 9.83. The van der Waals surface area contributed by atoms with Gasteiger partial charge in [-0.15, -0.1) is 0 Å². The average molecular weight is 241 g/mol. The maximum absolute atomic E-state index is 12.0. The molecule has 0 spiro atoms. The first-order valence-corrected chi connectivity index (χ1v) is 6.54. The van der Waals surface area contributed by atoms with E-state index in [2.05, 4.69) is 0 Å². The van der Waals surface area contributed by atoms with Crippen LogP contribution in [0.5, 0.6) is 0 Å². The molecule has 3 atom stereocenters. The van der Waals surface area contributed by atoms with E-state index in [1.54, 1.807) is 0 Å². The lowest BCUT2D eigenvalue weighted by Gasteiger charge is -2.34. The van der Waals surface area contributed by atoms with Gasteiger partial charge in [-0.3, -0.25) is 0 Å². The average Bonchev–Trinajstić information content (AvgIpc) is 2.57. The van der Waals surface area contributed by atoms with Crippen LogP contribution in [-0.4, -0.2) is 40.4 Å². The fourth-order valence-corrected chi connectivity index (χ4v) is 2.96. The maximum atomic E-state index is 12.0. The molecular weight excluding hydrogens is 218 g/mol. The minimum atomic E-state index is -0.427. The zero-order valence-electron chi connectivity index (χ0n) is 11.0. The first-order chi connectivity index (χ1) is 7.87. The van der Waals surface area contributed by atoms with Crippen LogP contribution in [-0.2, 0) is 4.74 Å². The van der Waals surface area contributed by atoms with Gasteiger partial charge in [0.15, 0.2) is 0 Å². The number of aliphatic hydroxyl groups excluding tert-OH is 1. The molecule has 98 valence electrons. The van der Waals surface area contributed by atoms with E-state index in [-0.39, 0.29) is 18.2 Å². The van der Waals surface area contributed by atoms with Gasteiger partial charge in [-0.05, 0) is 52.4 Å². The Labute approximate surface area is 103 Å². The molecule has 1 heterocycles. The molecule has 2 fully saturated rings. The van der Waals surface area contributed by atoms with Crippen molar-refractivity contribution < 1.29 is 14.6 Å². The molecule has 3 unspecified atom stereocenters. The van der Waals surface area contributed by atoms with Crippen molar-refractivity contribution in [2.75, 3.05) is 6.54 Å². The summed E-state index contributed by atoms with van der Waals surface area (Å²) in [6.45, 7) is 6.45. The zero-order chi connectivity index (χ0) is 12.6. The number of carbonyl (C=O) groups excluding carboxylic acids is 1. The number of carbonyl (C=O) groups is 1. The molecular formula is C13H23NO3. The van der Waals surface area contributed by atoms with Crippen molar-refractivity contribution >= 4 is 6.09 Å². The summed E-state index contributed by atoms with van der Waals surface area (Å²) in [5.74, 6) is 0.464. The maximum Gasteiger partial charge on any atom is 0.410 e. The third kappa shape index (κ3) is 2.92. The van der Waals surface area contributed by atoms with Gasteiger partial charge in [-0.2, -0.15) is 0 Å². The van der Waals surface area contributed by atoms with Crippen molar-refractivity contribution in [1.82, 2.24) is 4.90 Å². The fraction of sp³-hybridized carbons (Fsp3) is 0.923. The molecule has 0 aromatic carbocycles. The molecule has 4 heteroatoms. The number of hydrogen-bond acceptors (Lipinski definition) is 3. The van der Waals surface area contributed by atoms with E-state index in [9.17, 15) is 9.90 Å². The third-order valence-electron chi connectivity index (χ3n) is 3.68. The number of aliphatic hydroxyl groups is 1. The van der Waals surface area contributed by atoms with Gasteiger partial charge in [0.25, 0.3) is 0 Å². The minimum absolute atomic E-state index is 0.171. The van der Waals surface area contributed by atoms with Crippen LogP contribution in [0, 0.1) is 5.92 Å². The molecule has 0 aromatic heterocycles. The number of likely N-dealkylation sites (tertiary alicyclic amines) is 1. The lowest BCUT2D eigenvalue weighted by Crippen LogP contribution is -2.43. The number of nitrogens with zero attached hydrogens (tertiary/aromatic N) is 1. The summed E-state index contributed by atoms with van der Waals surface area (Å²) in [5, 5.41) is 9.63. The molecule has 17 heavy (non-hydrogen) atoms. The molecule has 2 aliphatic rings. The first-order valence-electron chi connectivity index (χ1n) is 6.54. The monoisotopic (exact) mass is 241 g/mol. The second kappa shape index (κ2) is 4.48. The Morgan fingerprint density at radius 2 is 2.00 bits per heavy atom. The van der Waals surface area contributed by atoms with E-state index in [4.69, 9.17) is 4.74 Å². The Morgan fingerprint density at radius 1 is 1.29 bits per heavy atom. The Bertz CT molecular complexity index is 298. The zero-order valence-corrected chi connectivity index (χ0v) is 11.0. The molecule has 1 amide bonds. The van der Waals surface area contributed by atoms with E-state index in [1.807, 2.05) is 25.7 Å². The highest BCUT2D eigenvalue weighted by Gasteiger charge is 2.41. The number of rotatable bonds is 0. The summed E-state index contributed by atoms with van der Waals surface area (Å²) in [6.07, 6.45) is 3.19. The van der Waals surface area contributed by atoms with Gasteiger partial charge in [-0.25, -0.2) is 4.79 Å². The molecule has 1 saturated heterocycles. The summed E-state index contributed by atoms with van der Waals surface area (Å²) in [4.78, 5) is 13.9. The Kier molecular flexibility index (Phi) is 3.34. The molecule has 1 N–H and O–H groups in total. The van der Waals surface area contributed by atoms with E-state index in [0.29, 0.717) is 5.92 Å². The van der Waals surface area contributed by atoms with Crippen LogP contribution < -0.4 is 0 Å². The number of ether oxygens (including phenoxy) is 1.